The minimum Gasteiger partial charge on any atom is -0.357 e. The molecule has 1 aliphatic heterocycles. The van der Waals surface area contributed by atoms with Crippen LogP contribution in [-0.2, 0) is 9.59 Å². The van der Waals surface area contributed by atoms with Crippen molar-refractivity contribution in [2.45, 2.75) is 33.2 Å². The van der Waals surface area contributed by atoms with Gasteiger partial charge in [0.1, 0.15) is 5.78 Å². The highest BCUT2D eigenvalue weighted by molar-refractivity contribution is 7.10. The minimum atomic E-state index is -0.377. The molecule has 0 fully saturated rings. The van der Waals surface area contributed by atoms with E-state index in [1.807, 2.05) is 41.8 Å². The maximum absolute atomic E-state index is 13.2. The third kappa shape index (κ3) is 2.76. The minimum absolute atomic E-state index is 0.0588. The fourth-order valence-electron chi connectivity index (χ4n) is 4.11. The van der Waals surface area contributed by atoms with Gasteiger partial charge >= 0.3 is 0 Å². The Bertz CT molecular complexity index is 898. The number of anilines is 2. The Morgan fingerprint density at radius 2 is 2.00 bits per heavy atom. The summed E-state index contributed by atoms with van der Waals surface area (Å²) in [5, 5.41) is 5.47. The molecule has 1 aromatic heterocycles. The maximum Gasteiger partial charge on any atom is 0.224 e. The number of thiophene rings is 1. The van der Waals surface area contributed by atoms with Crippen molar-refractivity contribution in [3.8, 4) is 0 Å². The molecule has 0 radical (unpaired) electrons. The second kappa shape index (κ2) is 6.09. The average molecular weight is 366 g/mol. The van der Waals surface area contributed by atoms with E-state index in [1.54, 1.807) is 23.2 Å². The number of nitrogens with zero attached hydrogens (tertiary/aromatic N) is 1. The van der Waals surface area contributed by atoms with Crippen molar-refractivity contribution < 1.29 is 9.59 Å². The molecule has 1 aliphatic carbocycles. The Morgan fingerprint density at radius 1 is 1.23 bits per heavy atom. The van der Waals surface area contributed by atoms with Gasteiger partial charge in [-0.1, -0.05) is 38.1 Å². The smallest absolute Gasteiger partial charge is 0.224 e. The molecule has 2 aromatic rings. The lowest BCUT2D eigenvalue weighted by atomic mass is 9.73. The molecule has 1 aromatic carbocycles. The lowest BCUT2D eigenvalue weighted by Crippen LogP contribution is -2.42. The zero-order valence-electron chi connectivity index (χ0n) is 15.2. The molecular formula is C21H22N2O2S. The van der Waals surface area contributed by atoms with Crippen LogP contribution in [0.25, 0.3) is 0 Å². The van der Waals surface area contributed by atoms with Crippen LogP contribution >= 0.6 is 11.3 Å². The second-order valence-electron chi connectivity index (χ2n) is 7.70. The molecule has 5 heteroatoms. The lowest BCUT2D eigenvalue weighted by Gasteiger charge is -2.38. The van der Waals surface area contributed by atoms with Crippen LogP contribution in [0.2, 0.25) is 0 Å². The fraction of sp³-hybridized carbons (Fsp3) is 0.333. The molecule has 4 rings (SSSR count). The monoisotopic (exact) mass is 366 g/mol. The number of carbonyl (C=O) groups excluding carboxylic acids is 2. The number of allylic oxidation sites excluding steroid dienone is 1. The number of hydrogen-bond acceptors (Lipinski definition) is 4. The van der Waals surface area contributed by atoms with E-state index in [4.69, 9.17) is 0 Å². The highest BCUT2D eigenvalue weighted by Crippen LogP contribution is 2.49. The van der Waals surface area contributed by atoms with Crippen LogP contribution < -0.4 is 10.2 Å². The SMILES string of the molecule is CC(=O)N1c2ccccc2NC2=CC(C)(C)CC(=O)C2C1c1cccs1. The van der Waals surface area contributed by atoms with Crippen LogP contribution in [0, 0.1) is 11.3 Å². The van der Waals surface area contributed by atoms with Gasteiger partial charge < -0.3 is 10.2 Å². The van der Waals surface area contributed by atoms with Crippen molar-refractivity contribution in [2.75, 3.05) is 10.2 Å². The van der Waals surface area contributed by atoms with Crippen LogP contribution in [-0.4, -0.2) is 11.7 Å². The number of amides is 1. The quantitative estimate of drug-likeness (QED) is 0.791. The van der Waals surface area contributed by atoms with E-state index in [9.17, 15) is 9.59 Å². The van der Waals surface area contributed by atoms with E-state index < -0.39 is 0 Å². The van der Waals surface area contributed by atoms with Gasteiger partial charge in [0.05, 0.1) is 23.3 Å². The Hall–Kier alpha value is -2.40. The Morgan fingerprint density at radius 3 is 2.69 bits per heavy atom. The molecule has 134 valence electrons. The number of fused-ring (bicyclic) bond motifs is 2. The van der Waals surface area contributed by atoms with Crippen molar-refractivity contribution in [2.24, 2.45) is 11.3 Å². The van der Waals surface area contributed by atoms with Gasteiger partial charge in [0.25, 0.3) is 0 Å². The zero-order valence-corrected chi connectivity index (χ0v) is 16.0. The third-order valence-corrected chi connectivity index (χ3v) is 6.01. The summed E-state index contributed by atoms with van der Waals surface area (Å²) in [6, 6.07) is 11.5. The van der Waals surface area contributed by atoms with E-state index in [0.29, 0.717) is 6.42 Å². The Kier molecular flexibility index (Phi) is 3.99. The van der Waals surface area contributed by atoms with Crippen LogP contribution in [0.3, 0.4) is 0 Å². The summed E-state index contributed by atoms with van der Waals surface area (Å²) in [6.45, 7) is 5.73. The van der Waals surface area contributed by atoms with Crippen molar-refractivity contribution >= 4 is 34.4 Å². The van der Waals surface area contributed by atoms with Gasteiger partial charge in [-0.25, -0.2) is 0 Å². The molecule has 0 bridgehead atoms. The maximum atomic E-state index is 13.2. The molecular weight excluding hydrogens is 344 g/mol. The first-order valence-corrected chi connectivity index (χ1v) is 9.70. The number of hydrogen-bond donors (Lipinski definition) is 1. The van der Waals surface area contributed by atoms with E-state index in [1.165, 1.54) is 0 Å². The van der Waals surface area contributed by atoms with Gasteiger partial charge in [0.2, 0.25) is 5.91 Å². The molecule has 1 amide bonds. The number of ketones is 1. The lowest BCUT2D eigenvalue weighted by molar-refractivity contribution is -0.124. The summed E-state index contributed by atoms with van der Waals surface area (Å²) in [4.78, 5) is 28.7. The van der Waals surface area contributed by atoms with Crippen molar-refractivity contribution in [1.82, 2.24) is 0 Å². The standard InChI is InChI=1S/C21H22N2O2S/c1-13(24)23-16-8-5-4-7-14(16)22-15-11-21(2,3)12-17(25)19(15)20(23)18-9-6-10-26-18/h4-11,19-20,22H,12H2,1-3H3. The van der Waals surface area contributed by atoms with E-state index >= 15 is 0 Å². The Balaban J connectivity index is 1.99. The molecule has 2 unspecified atom stereocenters. The summed E-state index contributed by atoms with van der Waals surface area (Å²) in [6.07, 6.45) is 2.65. The molecule has 0 saturated carbocycles. The summed E-state index contributed by atoms with van der Waals surface area (Å²) in [5.74, 6) is -0.257. The number of benzene rings is 1. The van der Waals surface area contributed by atoms with Crippen molar-refractivity contribution in [3.63, 3.8) is 0 Å². The van der Waals surface area contributed by atoms with Gasteiger partial charge in [0.15, 0.2) is 0 Å². The van der Waals surface area contributed by atoms with E-state index in [-0.39, 0.29) is 29.1 Å². The Labute approximate surface area is 157 Å². The number of carbonyl (C=O) groups is 2. The van der Waals surface area contributed by atoms with Crippen molar-refractivity contribution in [1.29, 1.82) is 0 Å². The number of nitrogens with one attached hydrogen (secondary N) is 1. The highest BCUT2D eigenvalue weighted by atomic mass is 32.1. The van der Waals surface area contributed by atoms with Gasteiger partial charge in [0, 0.05) is 23.9 Å². The summed E-state index contributed by atoms with van der Waals surface area (Å²) in [5.41, 5.74) is 2.39. The highest BCUT2D eigenvalue weighted by Gasteiger charge is 2.45. The number of para-hydroxylation sites is 2. The molecule has 26 heavy (non-hydrogen) atoms. The molecule has 1 N–H and O–H groups in total. The largest absolute Gasteiger partial charge is 0.357 e. The van der Waals surface area contributed by atoms with Gasteiger partial charge in [-0.2, -0.15) is 0 Å². The number of rotatable bonds is 1. The van der Waals surface area contributed by atoms with Crippen molar-refractivity contribution in [3.05, 3.63) is 58.4 Å². The molecule has 2 atom stereocenters. The molecule has 0 spiro atoms. The average Bonchev–Trinajstić information content (AvgIpc) is 3.02. The van der Waals surface area contributed by atoms with E-state index in [2.05, 4.69) is 25.2 Å². The normalized spacial score (nSPS) is 24.0. The topological polar surface area (TPSA) is 49.4 Å². The zero-order chi connectivity index (χ0) is 18.5. The first-order valence-electron chi connectivity index (χ1n) is 8.82. The summed E-state index contributed by atoms with van der Waals surface area (Å²) in [7, 11) is 0. The van der Waals surface area contributed by atoms with Crippen LogP contribution in [0.1, 0.15) is 38.1 Å². The predicted molar refractivity (Wildman–Crippen MR) is 105 cm³/mol. The van der Waals surface area contributed by atoms with Crippen LogP contribution in [0.15, 0.2) is 53.6 Å². The molecule has 2 aliphatic rings. The summed E-state index contributed by atoms with van der Waals surface area (Å²) >= 11 is 1.59. The number of Topliss-reactive ketones (excluding diaryl/α,β-unsaturated/α-hetero) is 1. The predicted octanol–water partition coefficient (Wildman–Crippen LogP) is 4.77. The third-order valence-electron chi connectivity index (χ3n) is 5.07. The molecule has 0 saturated heterocycles. The second-order valence-corrected chi connectivity index (χ2v) is 8.68. The van der Waals surface area contributed by atoms with Crippen LogP contribution in [0.4, 0.5) is 11.4 Å². The van der Waals surface area contributed by atoms with Gasteiger partial charge in [-0.05, 0) is 29.0 Å². The molecule has 4 nitrogen and oxygen atoms in total. The van der Waals surface area contributed by atoms with Crippen LogP contribution in [0.5, 0.6) is 0 Å². The van der Waals surface area contributed by atoms with E-state index in [0.717, 1.165) is 21.9 Å². The van der Waals surface area contributed by atoms with Gasteiger partial charge in [-0.15, -0.1) is 11.3 Å². The fourth-order valence-corrected chi connectivity index (χ4v) is 4.97. The molecule has 2 heterocycles. The first kappa shape index (κ1) is 17.0. The summed E-state index contributed by atoms with van der Waals surface area (Å²) < 4.78 is 0. The first-order chi connectivity index (χ1) is 12.4. The van der Waals surface area contributed by atoms with Gasteiger partial charge in [-0.3, -0.25) is 9.59 Å².